The number of nitrogens with zero attached hydrogens (tertiary/aromatic N) is 3. The molecule has 18 heavy (non-hydrogen) atoms. The van der Waals surface area contributed by atoms with Gasteiger partial charge in [0, 0.05) is 20.0 Å². The quantitative estimate of drug-likeness (QED) is 0.652. The lowest BCUT2D eigenvalue weighted by Gasteiger charge is -2.62. The lowest BCUT2D eigenvalue weighted by molar-refractivity contribution is -0.162. The molecule has 2 aliphatic rings. The van der Waals surface area contributed by atoms with Gasteiger partial charge < -0.3 is 4.90 Å². The number of hydrogen-bond acceptors (Lipinski definition) is 3. The summed E-state index contributed by atoms with van der Waals surface area (Å²) < 4.78 is 0. The van der Waals surface area contributed by atoms with Crippen LogP contribution in [0.15, 0.2) is 0 Å². The topological polar surface area (TPSA) is 64.4 Å². The third-order valence-corrected chi connectivity index (χ3v) is 4.52. The number of hydrogen-bond donors (Lipinski definition) is 0. The van der Waals surface area contributed by atoms with Crippen LogP contribution in [-0.4, -0.2) is 41.4 Å². The molecular formula is C13H19N3O2. The Labute approximate surface area is 107 Å². The summed E-state index contributed by atoms with van der Waals surface area (Å²) in [7, 11) is 3.10. The van der Waals surface area contributed by atoms with Crippen LogP contribution in [0.1, 0.15) is 27.2 Å². The summed E-state index contributed by atoms with van der Waals surface area (Å²) in [6.07, 6.45) is 0.678. The average molecular weight is 249 g/mol. The minimum atomic E-state index is -0.959. The zero-order valence-electron chi connectivity index (χ0n) is 11.5. The van der Waals surface area contributed by atoms with Crippen LogP contribution in [0.25, 0.3) is 0 Å². The summed E-state index contributed by atoms with van der Waals surface area (Å²) in [6.45, 7) is 6.15. The molecule has 0 spiro atoms. The fourth-order valence-corrected chi connectivity index (χ4v) is 3.39. The van der Waals surface area contributed by atoms with Crippen molar-refractivity contribution in [3.05, 3.63) is 0 Å². The van der Waals surface area contributed by atoms with Crippen LogP contribution in [0.5, 0.6) is 0 Å². The van der Waals surface area contributed by atoms with Crippen LogP contribution >= 0.6 is 0 Å². The van der Waals surface area contributed by atoms with E-state index in [0.717, 1.165) is 4.90 Å². The largest absolute Gasteiger partial charge is 0.327 e. The molecular weight excluding hydrogens is 230 g/mol. The molecule has 5 heteroatoms. The van der Waals surface area contributed by atoms with Crippen molar-refractivity contribution in [1.29, 1.82) is 5.26 Å². The first kappa shape index (κ1) is 12.9. The molecule has 3 atom stereocenters. The molecule has 98 valence electrons. The minimum absolute atomic E-state index is 0.0339. The zero-order chi connectivity index (χ0) is 13.9. The number of rotatable bonds is 0. The second-order valence-electron chi connectivity index (χ2n) is 6.38. The van der Waals surface area contributed by atoms with Gasteiger partial charge in [0.15, 0.2) is 0 Å². The predicted molar refractivity (Wildman–Crippen MR) is 65.3 cm³/mol. The molecule has 0 aromatic heterocycles. The lowest BCUT2D eigenvalue weighted by Crippen LogP contribution is -2.76. The molecule has 2 rings (SSSR count). The van der Waals surface area contributed by atoms with Crippen LogP contribution in [-0.2, 0) is 4.79 Å². The van der Waals surface area contributed by atoms with Gasteiger partial charge in [0.2, 0.25) is 5.91 Å². The molecule has 1 aliphatic heterocycles. The van der Waals surface area contributed by atoms with E-state index >= 15 is 0 Å². The van der Waals surface area contributed by atoms with Gasteiger partial charge in [0.05, 0.1) is 12.0 Å². The Hall–Kier alpha value is -1.57. The highest BCUT2D eigenvalue weighted by Crippen LogP contribution is 2.57. The summed E-state index contributed by atoms with van der Waals surface area (Å²) in [5.41, 5.74) is -1.06. The van der Waals surface area contributed by atoms with E-state index in [2.05, 4.69) is 6.07 Å². The van der Waals surface area contributed by atoms with E-state index in [1.165, 1.54) is 11.9 Å². The van der Waals surface area contributed by atoms with Gasteiger partial charge >= 0.3 is 6.03 Å². The van der Waals surface area contributed by atoms with Gasteiger partial charge in [-0.1, -0.05) is 20.8 Å². The second kappa shape index (κ2) is 3.47. The van der Waals surface area contributed by atoms with Crippen LogP contribution in [0, 0.1) is 28.6 Å². The van der Waals surface area contributed by atoms with Crippen LogP contribution in [0.3, 0.4) is 0 Å². The Balaban J connectivity index is 2.48. The molecule has 2 fully saturated rings. The van der Waals surface area contributed by atoms with E-state index in [1.54, 1.807) is 7.05 Å². The Morgan fingerprint density at radius 2 is 1.89 bits per heavy atom. The van der Waals surface area contributed by atoms with Crippen LogP contribution in [0.4, 0.5) is 4.79 Å². The van der Waals surface area contributed by atoms with E-state index < -0.39 is 5.54 Å². The van der Waals surface area contributed by atoms with Crippen molar-refractivity contribution in [3.8, 4) is 6.07 Å². The summed E-state index contributed by atoms with van der Waals surface area (Å²) >= 11 is 0. The third-order valence-electron chi connectivity index (χ3n) is 4.52. The Bertz CT molecular complexity index is 440. The number of nitriles is 1. The highest BCUT2D eigenvalue weighted by molar-refractivity contribution is 6.00. The van der Waals surface area contributed by atoms with Crippen LogP contribution < -0.4 is 0 Å². The predicted octanol–water partition coefficient (Wildman–Crippen LogP) is 1.45. The number of fused-ring (bicyclic) bond motifs is 1. The zero-order valence-corrected chi connectivity index (χ0v) is 11.5. The smallest absolute Gasteiger partial charge is 0.307 e. The highest BCUT2D eigenvalue weighted by atomic mass is 16.2. The molecule has 0 aromatic carbocycles. The maximum absolute atomic E-state index is 12.1. The maximum atomic E-state index is 12.1. The van der Waals surface area contributed by atoms with Gasteiger partial charge in [-0.15, -0.1) is 0 Å². The lowest BCUT2D eigenvalue weighted by atomic mass is 9.50. The molecule has 0 radical (unpaired) electrons. The van der Waals surface area contributed by atoms with E-state index in [9.17, 15) is 14.9 Å². The highest BCUT2D eigenvalue weighted by Gasteiger charge is 2.68. The van der Waals surface area contributed by atoms with Crippen molar-refractivity contribution >= 4 is 11.9 Å². The molecule has 3 unspecified atom stereocenters. The molecule has 1 aliphatic carbocycles. The van der Waals surface area contributed by atoms with Crippen LogP contribution in [0.2, 0.25) is 0 Å². The van der Waals surface area contributed by atoms with Gasteiger partial charge in [-0.2, -0.15) is 5.26 Å². The maximum Gasteiger partial charge on any atom is 0.327 e. The van der Waals surface area contributed by atoms with Gasteiger partial charge in [0.1, 0.15) is 5.54 Å². The van der Waals surface area contributed by atoms with E-state index in [1.807, 2.05) is 20.8 Å². The number of carbonyl (C=O) groups is 2. The minimum Gasteiger partial charge on any atom is -0.307 e. The number of carbonyl (C=O) groups excluding carboxylic acids is 2. The van der Waals surface area contributed by atoms with Crippen molar-refractivity contribution in [1.82, 2.24) is 9.80 Å². The number of urea groups is 1. The average Bonchev–Trinajstić information content (AvgIpc) is 2.23. The monoisotopic (exact) mass is 249 g/mol. The van der Waals surface area contributed by atoms with Gasteiger partial charge in [-0.05, 0) is 11.8 Å². The van der Waals surface area contributed by atoms with Crippen molar-refractivity contribution < 1.29 is 9.59 Å². The SMILES string of the molecule is CN1C(=O)C2CC(C(C)(C)C)C2(C#N)N(C)C1=O. The van der Waals surface area contributed by atoms with Crippen molar-refractivity contribution in [2.24, 2.45) is 17.3 Å². The molecule has 3 amide bonds. The Morgan fingerprint density at radius 3 is 2.33 bits per heavy atom. The van der Waals surface area contributed by atoms with Crippen molar-refractivity contribution in [3.63, 3.8) is 0 Å². The summed E-state index contributed by atoms with van der Waals surface area (Å²) in [4.78, 5) is 26.7. The second-order valence-corrected chi connectivity index (χ2v) is 6.38. The normalized spacial score (nSPS) is 36.0. The Morgan fingerprint density at radius 1 is 1.33 bits per heavy atom. The van der Waals surface area contributed by atoms with Gasteiger partial charge in [-0.3, -0.25) is 9.69 Å². The van der Waals surface area contributed by atoms with E-state index in [0.29, 0.717) is 6.42 Å². The first-order chi connectivity index (χ1) is 8.17. The standard InChI is InChI=1S/C13H19N3O2/c1-12(2,3)9-6-8-10(17)15(4)11(18)16(5)13(8,9)7-14/h8-9H,6H2,1-5H3. The van der Waals surface area contributed by atoms with E-state index in [4.69, 9.17) is 0 Å². The Kier molecular flexibility index (Phi) is 2.48. The molecule has 5 nitrogen and oxygen atoms in total. The summed E-state index contributed by atoms with van der Waals surface area (Å²) in [5, 5.41) is 9.58. The molecule has 0 N–H and O–H groups in total. The molecule has 1 heterocycles. The first-order valence-corrected chi connectivity index (χ1v) is 6.14. The fourth-order valence-electron chi connectivity index (χ4n) is 3.39. The van der Waals surface area contributed by atoms with Crippen molar-refractivity contribution in [2.45, 2.75) is 32.7 Å². The summed E-state index contributed by atoms with van der Waals surface area (Å²) in [6, 6.07) is 1.88. The third kappa shape index (κ3) is 1.26. The van der Waals surface area contributed by atoms with Gasteiger partial charge in [0.25, 0.3) is 0 Å². The number of amides is 3. The van der Waals surface area contributed by atoms with E-state index in [-0.39, 0.29) is 29.2 Å². The molecule has 1 saturated heterocycles. The molecule has 0 aromatic rings. The van der Waals surface area contributed by atoms with Gasteiger partial charge in [-0.25, -0.2) is 4.79 Å². The molecule has 0 bridgehead atoms. The van der Waals surface area contributed by atoms with Crippen molar-refractivity contribution in [2.75, 3.05) is 14.1 Å². The number of imide groups is 1. The summed E-state index contributed by atoms with van der Waals surface area (Å²) in [5.74, 6) is -0.564. The first-order valence-electron chi connectivity index (χ1n) is 6.14. The fraction of sp³-hybridized carbons (Fsp3) is 0.769. The molecule has 1 saturated carbocycles.